The molecule has 0 fully saturated rings. The number of sulfonamides is 1. The van der Waals surface area contributed by atoms with Gasteiger partial charge in [-0.1, -0.05) is 12.1 Å². The van der Waals surface area contributed by atoms with E-state index >= 15 is 0 Å². The highest BCUT2D eigenvalue weighted by Gasteiger charge is 2.29. The molecule has 0 unspecified atom stereocenters. The standard InChI is InChI=1S/C25H20FN3O5S/c1-34-25(31)17-5-9-20(10-6-17)28-24(30)16-29(21-11-7-19(26)8-12-21)35(32,33)23-4-2-3-18-15-27-14-13-22(18)23/h2-15H,16H2,1H3,(H,28,30). The minimum Gasteiger partial charge on any atom is -0.465 e. The molecule has 8 nitrogen and oxygen atoms in total. The second-order valence-electron chi connectivity index (χ2n) is 7.46. The Morgan fingerprint density at radius 3 is 2.40 bits per heavy atom. The second kappa shape index (κ2) is 9.90. The Morgan fingerprint density at radius 2 is 1.71 bits per heavy atom. The maximum absolute atomic E-state index is 13.8. The number of ether oxygens (including phenoxy) is 1. The molecule has 4 aromatic rings. The van der Waals surface area contributed by atoms with Crippen LogP contribution < -0.4 is 9.62 Å². The summed E-state index contributed by atoms with van der Waals surface area (Å²) >= 11 is 0. The van der Waals surface area contributed by atoms with Crippen molar-refractivity contribution >= 4 is 44.0 Å². The highest BCUT2D eigenvalue weighted by Crippen LogP contribution is 2.29. The molecule has 1 N–H and O–H groups in total. The molecule has 10 heteroatoms. The van der Waals surface area contributed by atoms with Crippen LogP contribution in [0.3, 0.4) is 0 Å². The van der Waals surface area contributed by atoms with Crippen LogP contribution in [0, 0.1) is 5.82 Å². The fraction of sp³-hybridized carbons (Fsp3) is 0.0800. The third kappa shape index (κ3) is 5.12. The van der Waals surface area contributed by atoms with E-state index in [1.165, 1.54) is 55.8 Å². The van der Waals surface area contributed by atoms with Gasteiger partial charge in [0.25, 0.3) is 10.0 Å². The van der Waals surface area contributed by atoms with Gasteiger partial charge in [-0.25, -0.2) is 17.6 Å². The number of carbonyl (C=O) groups excluding carboxylic acids is 2. The molecule has 4 rings (SSSR count). The maximum atomic E-state index is 13.8. The van der Waals surface area contributed by atoms with Crippen molar-refractivity contribution in [2.45, 2.75) is 4.90 Å². The number of fused-ring (bicyclic) bond motifs is 1. The maximum Gasteiger partial charge on any atom is 0.337 e. The molecule has 35 heavy (non-hydrogen) atoms. The average molecular weight is 494 g/mol. The Kier molecular flexibility index (Phi) is 6.74. The first-order chi connectivity index (χ1) is 16.8. The smallest absolute Gasteiger partial charge is 0.337 e. The van der Waals surface area contributed by atoms with Gasteiger partial charge in [0.2, 0.25) is 5.91 Å². The van der Waals surface area contributed by atoms with Gasteiger partial charge in [-0.15, -0.1) is 0 Å². The van der Waals surface area contributed by atoms with E-state index in [0.29, 0.717) is 22.0 Å². The van der Waals surface area contributed by atoms with E-state index in [1.54, 1.807) is 24.4 Å². The van der Waals surface area contributed by atoms with Crippen molar-refractivity contribution in [3.05, 3.63) is 96.6 Å². The van der Waals surface area contributed by atoms with Crippen LogP contribution in [-0.2, 0) is 19.6 Å². The molecule has 0 aliphatic heterocycles. The number of rotatable bonds is 7. The molecule has 0 radical (unpaired) electrons. The lowest BCUT2D eigenvalue weighted by Gasteiger charge is -2.25. The van der Waals surface area contributed by atoms with Crippen LogP contribution in [0.5, 0.6) is 0 Å². The summed E-state index contributed by atoms with van der Waals surface area (Å²) in [6, 6.07) is 17.1. The number of methoxy groups -OCH3 is 1. The van der Waals surface area contributed by atoms with E-state index in [1.807, 2.05) is 0 Å². The summed E-state index contributed by atoms with van der Waals surface area (Å²) in [5, 5.41) is 3.67. The third-order valence-electron chi connectivity index (χ3n) is 5.20. The number of hydrogen-bond donors (Lipinski definition) is 1. The highest BCUT2D eigenvalue weighted by molar-refractivity contribution is 7.93. The zero-order chi connectivity index (χ0) is 25.0. The highest BCUT2D eigenvalue weighted by atomic mass is 32.2. The zero-order valence-corrected chi connectivity index (χ0v) is 19.3. The number of pyridine rings is 1. The predicted molar refractivity (Wildman–Crippen MR) is 129 cm³/mol. The van der Waals surface area contributed by atoms with Gasteiger partial charge in [0.05, 0.1) is 23.3 Å². The lowest BCUT2D eigenvalue weighted by molar-refractivity contribution is -0.114. The molecule has 0 aliphatic rings. The van der Waals surface area contributed by atoms with E-state index in [9.17, 15) is 22.4 Å². The Labute approximate surface area is 201 Å². The number of benzene rings is 3. The number of carbonyl (C=O) groups is 2. The van der Waals surface area contributed by atoms with Crippen molar-refractivity contribution < 1.29 is 27.1 Å². The van der Waals surface area contributed by atoms with E-state index < -0.39 is 34.3 Å². The number of anilines is 2. The fourth-order valence-corrected chi connectivity index (χ4v) is 5.14. The van der Waals surface area contributed by atoms with Gasteiger partial charge in [0, 0.05) is 28.9 Å². The molecule has 178 valence electrons. The normalized spacial score (nSPS) is 11.1. The van der Waals surface area contributed by atoms with E-state index in [4.69, 9.17) is 0 Å². The summed E-state index contributed by atoms with van der Waals surface area (Å²) in [6.07, 6.45) is 3.02. The van der Waals surface area contributed by atoms with Crippen molar-refractivity contribution in [3.8, 4) is 0 Å². The van der Waals surface area contributed by atoms with Crippen LogP contribution in [0.4, 0.5) is 15.8 Å². The average Bonchev–Trinajstić information content (AvgIpc) is 2.87. The predicted octanol–water partition coefficient (Wildman–Crippen LogP) is 3.99. The molecule has 1 aromatic heterocycles. The molecule has 3 aromatic carbocycles. The topological polar surface area (TPSA) is 106 Å². The van der Waals surface area contributed by atoms with Crippen LogP contribution in [0.1, 0.15) is 10.4 Å². The summed E-state index contributed by atoms with van der Waals surface area (Å²) in [7, 11) is -2.98. The summed E-state index contributed by atoms with van der Waals surface area (Å²) in [4.78, 5) is 28.5. The lowest BCUT2D eigenvalue weighted by Crippen LogP contribution is -2.38. The summed E-state index contributed by atoms with van der Waals surface area (Å²) in [5.41, 5.74) is 0.774. The molecule has 0 spiro atoms. The van der Waals surface area contributed by atoms with E-state index in [0.717, 1.165) is 16.4 Å². The van der Waals surface area contributed by atoms with Crippen LogP contribution in [-0.4, -0.2) is 38.9 Å². The van der Waals surface area contributed by atoms with Crippen molar-refractivity contribution in [2.75, 3.05) is 23.3 Å². The number of aromatic nitrogens is 1. The number of nitrogens with one attached hydrogen (secondary N) is 1. The Bertz CT molecular complexity index is 1480. The number of amides is 1. The van der Waals surface area contributed by atoms with Gasteiger partial charge in [-0.3, -0.25) is 14.1 Å². The molecular formula is C25H20FN3O5S. The fourth-order valence-electron chi connectivity index (χ4n) is 3.50. The first kappa shape index (κ1) is 23.8. The molecule has 0 atom stereocenters. The molecule has 0 bridgehead atoms. The van der Waals surface area contributed by atoms with Crippen LogP contribution >= 0.6 is 0 Å². The van der Waals surface area contributed by atoms with Gasteiger partial charge in [0.15, 0.2) is 0 Å². The molecule has 0 aliphatic carbocycles. The van der Waals surface area contributed by atoms with Gasteiger partial charge in [0.1, 0.15) is 12.4 Å². The third-order valence-corrected chi connectivity index (χ3v) is 7.03. The zero-order valence-electron chi connectivity index (χ0n) is 18.5. The summed E-state index contributed by atoms with van der Waals surface area (Å²) < 4.78 is 46.6. The minimum atomic E-state index is -4.24. The molecular weight excluding hydrogens is 473 g/mol. The SMILES string of the molecule is COC(=O)c1ccc(NC(=O)CN(c2ccc(F)cc2)S(=O)(=O)c2cccc3cnccc23)cc1. The van der Waals surface area contributed by atoms with Crippen LogP contribution in [0.15, 0.2) is 90.1 Å². The molecule has 0 saturated carbocycles. The van der Waals surface area contributed by atoms with Crippen molar-refractivity contribution in [2.24, 2.45) is 0 Å². The van der Waals surface area contributed by atoms with Crippen molar-refractivity contribution in [1.29, 1.82) is 0 Å². The summed E-state index contributed by atoms with van der Waals surface area (Å²) in [6.45, 7) is -0.575. The summed E-state index contributed by atoms with van der Waals surface area (Å²) in [5.74, 6) is -1.70. The number of nitrogens with zero attached hydrogens (tertiary/aromatic N) is 2. The van der Waals surface area contributed by atoms with E-state index in [-0.39, 0.29) is 10.6 Å². The van der Waals surface area contributed by atoms with E-state index in [2.05, 4.69) is 15.0 Å². The van der Waals surface area contributed by atoms with Crippen molar-refractivity contribution in [3.63, 3.8) is 0 Å². The monoisotopic (exact) mass is 493 g/mol. The van der Waals surface area contributed by atoms with Crippen LogP contribution in [0.25, 0.3) is 10.8 Å². The van der Waals surface area contributed by atoms with Crippen LogP contribution in [0.2, 0.25) is 0 Å². The van der Waals surface area contributed by atoms with Crippen molar-refractivity contribution in [1.82, 2.24) is 4.98 Å². The number of esters is 1. The first-order valence-corrected chi connectivity index (χ1v) is 11.8. The van der Waals surface area contributed by atoms with Gasteiger partial charge in [-0.2, -0.15) is 0 Å². The van der Waals surface area contributed by atoms with Gasteiger partial charge in [-0.05, 0) is 60.7 Å². The quantitative estimate of drug-likeness (QED) is 0.390. The minimum absolute atomic E-state index is 0.0167. The Balaban J connectivity index is 1.67. The lowest BCUT2D eigenvalue weighted by atomic mass is 10.2. The largest absolute Gasteiger partial charge is 0.465 e. The van der Waals surface area contributed by atoms with Gasteiger partial charge >= 0.3 is 5.97 Å². The number of halogens is 1. The molecule has 1 heterocycles. The first-order valence-electron chi connectivity index (χ1n) is 10.4. The molecule has 1 amide bonds. The van der Waals surface area contributed by atoms with Gasteiger partial charge < -0.3 is 10.1 Å². The second-order valence-corrected chi connectivity index (χ2v) is 9.29. The Morgan fingerprint density at radius 1 is 1.00 bits per heavy atom. The molecule has 0 saturated heterocycles. The number of hydrogen-bond acceptors (Lipinski definition) is 6. The Hall–Kier alpha value is -4.31.